The summed E-state index contributed by atoms with van der Waals surface area (Å²) < 4.78 is 0. The van der Waals surface area contributed by atoms with Crippen molar-refractivity contribution >= 4 is 17.2 Å². The van der Waals surface area contributed by atoms with Gasteiger partial charge in [0.15, 0.2) is 0 Å². The zero-order chi connectivity index (χ0) is 15.1. The lowest BCUT2D eigenvalue weighted by Crippen LogP contribution is -2.50. The lowest BCUT2D eigenvalue weighted by Gasteiger charge is -2.37. The zero-order valence-electron chi connectivity index (χ0n) is 13.3. The summed E-state index contributed by atoms with van der Waals surface area (Å²) in [4.78, 5) is 21.9. The Labute approximate surface area is 136 Å². The van der Waals surface area contributed by atoms with E-state index in [2.05, 4.69) is 27.1 Å². The summed E-state index contributed by atoms with van der Waals surface area (Å²) in [6.07, 6.45) is 5.15. The zero-order valence-corrected chi connectivity index (χ0v) is 14.1. The molecule has 1 saturated heterocycles. The second kappa shape index (κ2) is 5.93. The number of fused-ring (bicyclic) bond motifs is 2. The van der Waals surface area contributed by atoms with E-state index in [4.69, 9.17) is 0 Å². The minimum absolute atomic E-state index is 0.353. The van der Waals surface area contributed by atoms with Crippen LogP contribution in [0.5, 0.6) is 0 Å². The summed E-state index contributed by atoms with van der Waals surface area (Å²) in [5.74, 6) is 2.37. The summed E-state index contributed by atoms with van der Waals surface area (Å²) in [5, 5.41) is 3.29. The van der Waals surface area contributed by atoms with Crippen molar-refractivity contribution in [2.75, 3.05) is 26.2 Å². The first kappa shape index (κ1) is 14.6. The molecule has 0 radical (unpaired) electrons. The van der Waals surface area contributed by atoms with Crippen molar-refractivity contribution in [1.82, 2.24) is 14.8 Å². The van der Waals surface area contributed by atoms with E-state index in [-0.39, 0.29) is 0 Å². The van der Waals surface area contributed by atoms with Gasteiger partial charge in [-0.25, -0.2) is 4.98 Å². The van der Waals surface area contributed by atoms with E-state index < -0.39 is 0 Å². The Morgan fingerprint density at radius 1 is 1.27 bits per heavy atom. The summed E-state index contributed by atoms with van der Waals surface area (Å²) in [7, 11) is 0. The van der Waals surface area contributed by atoms with Gasteiger partial charge < -0.3 is 4.90 Å². The summed E-state index contributed by atoms with van der Waals surface area (Å²) in [6.45, 7) is 6.76. The van der Waals surface area contributed by atoms with Crippen LogP contribution in [0.3, 0.4) is 0 Å². The van der Waals surface area contributed by atoms with Crippen molar-refractivity contribution in [2.45, 2.75) is 39.2 Å². The topological polar surface area (TPSA) is 36.4 Å². The van der Waals surface area contributed by atoms with Crippen LogP contribution in [0.15, 0.2) is 5.38 Å². The molecule has 1 aliphatic heterocycles. The number of carbonyl (C=O) groups excluding carboxylic acids is 1. The van der Waals surface area contributed by atoms with E-state index in [1.54, 1.807) is 11.3 Å². The molecular weight excluding hydrogens is 294 g/mol. The minimum Gasteiger partial charge on any atom is -0.340 e. The fraction of sp³-hybridized carbons (Fsp3) is 0.765. The second-order valence-electron chi connectivity index (χ2n) is 7.24. The molecule has 0 spiro atoms. The Hall–Kier alpha value is -0.940. The molecule has 4 rings (SSSR count). The maximum absolute atomic E-state index is 12.8. The molecule has 5 heteroatoms. The molecule has 22 heavy (non-hydrogen) atoms. The van der Waals surface area contributed by atoms with Gasteiger partial charge in [0.05, 0.1) is 10.7 Å². The number of aryl methyl sites for hydroxylation is 1. The largest absolute Gasteiger partial charge is 0.340 e. The fourth-order valence-corrected chi connectivity index (χ4v) is 5.22. The van der Waals surface area contributed by atoms with Gasteiger partial charge >= 0.3 is 0 Å². The van der Waals surface area contributed by atoms with Gasteiger partial charge in [-0.2, -0.15) is 0 Å². The molecule has 3 aliphatic rings. The Kier molecular flexibility index (Phi) is 3.95. The maximum Gasteiger partial charge on any atom is 0.226 e. The predicted molar refractivity (Wildman–Crippen MR) is 87.6 cm³/mol. The molecule has 3 fully saturated rings. The van der Waals surface area contributed by atoms with Crippen LogP contribution < -0.4 is 0 Å². The number of nitrogens with zero attached hydrogens (tertiary/aromatic N) is 3. The van der Waals surface area contributed by atoms with Crippen LogP contribution in [0, 0.1) is 24.7 Å². The molecule has 2 bridgehead atoms. The van der Waals surface area contributed by atoms with Gasteiger partial charge in [-0.15, -0.1) is 11.3 Å². The summed E-state index contributed by atoms with van der Waals surface area (Å²) >= 11 is 1.72. The number of hydrogen-bond acceptors (Lipinski definition) is 4. The lowest BCUT2D eigenvalue weighted by atomic mass is 9.87. The van der Waals surface area contributed by atoms with E-state index in [0.29, 0.717) is 17.7 Å². The average Bonchev–Trinajstić information content (AvgIpc) is 3.24. The van der Waals surface area contributed by atoms with Gasteiger partial charge in [0, 0.05) is 44.0 Å². The Bertz CT molecular complexity index is 550. The second-order valence-corrected chi connectivity index (χ2v) is 8.30. The van der Waals surface area contributed by atoms with Gasteiger partial charge in [0.25, 0.3) is 0 Å². The van der Waals surface area contributed by atoms with Crippen LogP contribution in [-0.2, 0) is 11.3 Å². The third kappa shape index (κ3) is 2.81. The minimum atomic E-state index is 0.353. The van der Waals surface area contributed by atoms with E-state index >= 15 is 0 Å². The predicted octanol–water partition coefficient (Wildman–Crippen LogP) is 2.53. The first-order valence-corrected chi connectivity index (χ1v) is 9.49. The highest BCUT2D eigenvalue weighted by molar-refractivity contribution is 7.09. The number of hydrogen-bond donors (Lipinski definition) is 0. The highest BCUT2D eigenvalue weighted by Crippen LogP contribution is 2.48. The number of amides is 1. The van der Waals surface area contributed by atoms with Crippen LogP contribution in [0.2, 0.25) is 0 Å². The normalized spacial score (nSPS) is 31.9. The third-order valence-corrected chi connectivity index (χ3v) is 6.61. The van der Waals surface area contributed by atoms with Crippen LogP contribution >= 0.6 is 11.3 Å². The van der Waals surface area contributed by atoms with E-state index in [1.165, 1.54) is 31.4 Å². The number of rotatable bonds is 3. The van der Waals surface area contributed by atoms with Gasteiger partial charge in [-0.05, 0) is 38.0 Å². The molecule has 3 atom stereocenters. The molecule has 120 valence electrons. The molecule has 4 nitrogen and oxygen atoms in total. The van der Waals surface area contributed by atoms with E-state index in [9.17, 15) is 4.79 Å². The Morgan fingerprint density at radius 2 is 2.09 bits per heavy atom. The Morgan fingerprint density at radius 3 is 2.68 bits per heavy atom. The van der Waals surface area contributed by atoms with Gasteiger partial charge in [0.1, 0.15) is 0 Å². The number of thiazole rings is 1. The molecule has 2 aliphatic carbocycles. The van der Waals surface area contributed by atoms with Crippen molar-refractivity contribution in [3.8, 4) is 0 Å². The quantitative estimate of drug-likeness (QED) is 0.859. The van der Waals surface area contributed by atoms with Crippen molar-refractivity contribution < 1.29 is 4.79 Å². The Balaban J connectivity index is 1.29. The molecular formula is C17H25N3OS. The van der Waals surface area contributed by atoms with Crippen LogP contribution in [0.25, 0.3) is 0 Å². The maximum atomic E-state index is 12.8. The highest BCUT2D eigenvalue weighted by Gasteiger charge is 2.44. The molecule has 2 heterocycles. The smallest absolute Gasteiger partial charge is 0.226 e. The molecule has 1 amide bonds. The highest BCUT2D eigenvalue weighted by atomic mass is 32.1. The van der Waals surface area contributed by atoms with Gasteiger partial charge in [0.2, 0.25) is 5.91 Å². The summed E-state index contributed by atoms with van der Waals surface area (Å²) in [6, 6.07) is 0. The van der Waals surface area contributed by atoms with Crippen LogP contribution in [0.4, 0.5) is 0 Å². The SMILES string of the molecule is Cc1nc(CN2CCN(C(=O)[C@H]3C[C@H]4CC[C@H]3C4)CC2)cs1. The monoisotopic (exact) mass is 319 g/mol. The summed E-state index contributed by atoms with van der Waals surface area (Å²) in [5.41, 5.74) is 1.18. The molecule has 1 aromatic heterocycles. The van der Waals surface area contributed by atoms with Crippen molar-refractivity contribution in [1.29, 1.82) is 0 Å². The number of piperazine rings is 1. The lowest BCUT2D eigenvalue weighted by molar-refractivity contribution is -0.139. The van der Waals surface area contributed by atoms with Crippen molar-refractivity contribution in [3.63, 3.8) is 0 Å². The first-order valence-electron chi connectivity index (χ1n) is 8.61. The number of aromatic nitrogens is 1. The first-order chi connectivity index (χ1) is 10.7. The van der Waals surface area contributed by atoms with Crippen LogP contribution in [-0.4, -0.2) is 46.9 Å². The fourth-order valence-electron chi connectivity index (χ4n) is 4.62. The number of carbonyl (C=O) groups is 1. The standard InChI is InChI=1S/C17H25N3OS/c1-12-18-15(11-22-12)10-19-4-6-20(7-5-19)17(21)16-9-13-2-3-14(16)8-13/h11,13-14,16H,2-10H2,1H3/t13-,14-,16-/m0/s1. The third-order valence-electron chi connectivity index (χ3n) is 5.79. The average molecular weight is 319 g/mol. The molecule has 0 unspecified atom stereocenters. The van der Waals surface area contributed by atoms with Crippen molar-refractivity contribution in [3.05, 3.63) is 16.1 Å². The van der Waals surface area contributed by atoms with E-state index in [1.807, 2.05) is 0 Å². The van der Waals surface area contributed by atoms with E-state index in [0.717, 1.165) is 43.6 Å². The molecule has 1 aromatic rings. The van der Waals surface area contributed by atoms with Gasteiger partial charge in [-0.3, -0.25) is 9.69 Å². The van der Waals surface area contributed by atoms with Gasteiger partial charge in [-0.1, -0.05) is 6.42 Å². The molecule has 0 aromatic carbocycles. The molecule has 0 N–H and O–H groups in total. The van der Waals surface area contributed by atoms with Crippen LogP contribution in [0.1, 0.15) is 36.4 Å². The molecule has 2 saturated carbocycles. The van der Waals surface area contributed by atoms with Crippen molar-refractivity contribution in [2.24, 2.45) is 17.8 Å².